The summed E-state index contributed by atoms with van der Waals surface area (Å²) in [5, 5.41) is 10.6. The Morgan fingerprint density at radius 3 is 2.55 bits per heavy atom. The van der Waals surface area contributed by atoms with Crippen molar-refractivity contribution in [2.45, 2.75) is 31.2 Å². The molecule has 0 aliphatic heterocycles. The van der Waals surface area contributed by atoms with Gasteiger partial charge < -0.3 is 14.5 Å². The molecule has 3 rings (SSSR count). The number of hydrogen-bond donors (Lipinski definition) is 1. The number of carbonyl (C=O) groups excluding carboxylic acids is 2. The van der Waals surface area contributed by atoms with Gasteiger partial charge in [0, 0.05) is 11.1 Å². The normalized spacial score (nSPS) is 11.7. The molecular formula is C21H21N3O4S. The zero-order chi connectivity index (χ0) is 20.8. The summed E-state index contributed by atoms with van der Waals surface area (Å²) in [4.78, 5) is 24.2. The Bertz CT molecular complexity index is 1000. The molecule has 1 amide bonds. The zero-order valence-electron chi connectivity index (χ0n) is 16.3. The van der Waals surface area contributed by atoms with E-state index in [0.717, 1.165) is 23.1 Å². The number of benzene rings is 2. The van der Waals surface area contributed by atoms with Crippen LogP contribution in [0.3, 0.4) is 0 Å². The third kappa shape index (κ3) is 5.23. The molecule has 2 aromatic carbocycles. The SMILES string of the molecule is CCOc1ccc(-c2nnc(S[C@@H](C)C(=O)Nc3ccccc3C(C)=O)o2)cc1. The lowest BCUT2D eigenvalue weighted by Crippen LogP contribution is -2.23. The van der Waals surface area contributed by atoms with Crippen molar-refractivity contribution in [2.24, 2.45) is 0 Å². The average molecular weight is 411 g/mol. The zero-order valence-corrected chi connectivity index (χ0v) is 17.2. The Kier molecular flexibility index (Phi) is 6.66. The molecule has 1 aromatic heterocycles. The lowest BCUT2D eigenvalue weighted by molar-refractivity contribution is -0.115. The van der Waals surface area contributed by atoms with Crippen molar-refractivity contribution in [3.05, 3.63) is 54.1 Å². The van der Waals surface area contributed by atoms with Gasteiger partial charge in [0.05, 0.1) is 17.5 Å². The van der Waals surface area contributed by atoms with Crippen LogP contribution in [0.25, 0.3) is 11.5 Å². The first-order valence-electron chi connectivity index (χ1n) is 9.12. The standard InChI is InChI=1S/C21H21N3O4S/c1-4-27-16-11-9-15(10-12-16)20-23-24-21(28-20)29-14(3)19(26)22-18-8-6-5-7-17(18)13(2)25/h5-12,14H,4H2,1-3H3,(H,22,26)/t14-/m0/s1. The molecule has 3 aromatic rings. The number of aromatic nitrogens is 2. The smallest absolute Gasteiger partial charge is 0.277 e. The minimum absolute atomic E-state index is 0.113. The highest BCUT2D eigenvalue weighted by atomic mass is 32.2. The average Bonchev–Trinajstić information content (AvgIpc) is 3.17. The van der Waals surface area contributed by atoms with Crippen LogP contribution in [0.5, 0.6) is 5.75 Å². The van der Waals surface area contributed by atoms with Crippen LogP contribution in [-0.2, 0) is 4.79 Å². The van der Waals surface area contributed by atoms with Crippen LogP contribution in [0.4, 0.5) is 5.69 Å². The summed E-state index contributed by atoms with van der Waals surface area (Å²) in [7, 11) is 0. The molecule has 1 atom stereocenters. The van der Waals surface area contributed by atoms with Gasteiger partial charge in [0.25, 0.3) is 5.22 Å². The molecule has 29 heavy (non-hydrogen) atoms. The van der Waals surface area contributed by atoms with Gasteiger partial charge in [0.2, 0.25) is 11.8 Å². The Morgan fingerprint density at radius 2 is 1.86 bits per heavy atom. The lowest BCUT2D eigenvalue weighted by Gasteiger charge is -2.12. The van der Waals surface area contributed by atoms with Gasteiger partial charge in [-0.3, -0.25) is 9.59 Å². The van der Waals surface area contributed by atoms with Gasteiger partial charge in [-0.1, -0.05) is 23.9 Å². The molecule has 0 saturated heterocycles. The number of ketones is 1. The Balaban J connectivity index is 1.64. The highest BCUT2D eigenvalue weighted by molar-refractivity contribution is 8.00. The molecule has 0 bridgehead atoms. The summed E-state index contributed by atoms with van der Waals surface area (Å²) >= 11 is 1.15. The van der Waals surface area contributed by atoms with Crippen LogP contribution in [0.15, 0.2) is 58.2 Å². The quantitative estimate of drug-likeness (QED) is 0.432. The van der Waals surface area contributed by atoms with E-state index in [0.29, 0.717) is 23.7 Å². The van der Waals surface area contributed by atoms with Crippen LogP contribution >= 0.6 is 11.8 Å². The highest BCUT2D eigenvalue weighted by Crippen LogP contribution is 2.28. The number of para-hydroxylation sites is 1. The van der Waals surface area contributed by atoms with Gasteiger partial charge in [-0.15, -0.1) is 10.2 Å². The van der Waals surface area contributed by atoms with Crippen LogP contribution < -0.4 is 10.1 Å². The maximum Gasteiger partial charge on any atom is 0.277 e. The number of rotatable bonds is 8. The van der Waals surface area contributed by atoms with E-state index >= 15 is 0 Å². The molecule has 0 aliphatic carbocycles. The number of ether oxygens (including phenoxy) is 1. The molecule has 1 heterocycles. The number of hydrogen-bond acceptors (Lipinski definition) is 7. The van der Waals surface area contributed by atoms with E-state index < -0.39 is 5.25 Å². The fourth-order valence-electron chi connectivity index (χ4n) is 2.57. The molecule has 0 fully saturated rings. The summed E-state index contributed by atoms with van der Waals surface area (Å²) in [5.74, 6) is 0.759. The number of amides is 1. The monoisotopic (exact) mass is 411 g/mol. The number of Topliss-reactive ketones (excluding diaryl/α,β-unsaturated/α-hetero) is 1. The fraction of sp³-hybridized carbons (Fsp3) is 0.238. The molecule has 0 spiro atoms. The van der Waals surface area contributed by atoms with Gasteiger partial charge in [0.15, 0.2) is 5.78 Å². The number of nitrogens with one attached hydrogen (secondary N) is 1. The van der Waals surface area contributed by atoms with Crippen LogP contribution in [0, 0.1) is 0 Å². The van der Waals surface area contributed by atoms with E-state index in [2.05, 4.69) is 15.5 Å². The van der Waals surface area contributed by atoms with Crippen molar-refractivity contribution in [1.82, 2.24) is 10.2 Å². The van der Waals surface area contributed by atoms with Crippen LogP contribution in [-0.4, -0.2) is 33.7 Å². The van der Waals surface area contributed by atoms with Crippen LogP contribution in [0.2, 0.25) is 0 Å². The van der Waals surface area contributed by atoms with E-state index in [1.165, 1.54) is 6.92 Å². The van der Waals surface area contributed by atoms with Crippen molar-refractivity contribution in [3.63, 3.8) is 0 Å². The Morgan fingerprint density at radius 1 is 1.14 bits per heavy atom. The largest absolute Gasteiger partial charge is 0.494 e. The maximum absolute atomic E-state index is 12.5. The lowest BCUT2D eigenvalue weighted by atomic mass is 10.1. The predicted molar refractivity (Wildman–Crippen MR) is 111 cm³/mol. The summed E-state index contributed by atoms with van der Waals surface area (Å²) in [6.07, 6.45) is 0. The van der Waals surface area contributed by atoms with Gasteiger partial charge in [0.1, 0.15) is 5.75 Å². The number of anilines is 1. The molecule has 0 saturated carbocycles. The van der Waals surface area contributed by atoms with Gasteiger partial charge in [-0.05, 0) is 57.2 Å². The second-order valence-corrected chi connectivity index (χ2v) is 7.47. The minimum atomic E-state index is -0.497. The first kappa shape index (κ1) is 20.6. The number of carbonyl (C=O) groups is 2. The Labute approximate surface area is 172 Å². The molecule has 1 N–H and O–H groups in total. The summed E-state index contributed by atoms with van der Waals surface area (Å²) in [6, 6.07) is 14.2. The second kappa shape index (κ2) is 9.38. The van der Waals surface area contributed by atoms with Gasteiger partial charge in [-0.25, -0.2) is 0 Å². The first-order chi connectivity index (χ1) is 14.0. The van der Waals surface area contributed by atoms with E-state index in [1.54, 1.807) is 31.2 Å². The molecule has 8 heteroatoms. The van der Waals surface area contributed by atoms with Crippen molar-refractivity contribution < 1.29 is 18.7 Å². The summed E-state index contributed by atoms with van der Waals surface area (Å²) in [6.45, 7) is 5.71. The molecule has 0 radical (unpaired) electrons. The Hall–Kier alpha value is -3.13. The molecule has 0 aliphatic rings. The topological polar surface area (TPSA) is 94.3 Å². The van der Waals surface area contributed by atoms with Gasteiger partial charge >= 0.3 is 0 Å². The maximum atomic E-state index is 12.5. The first-order valence-corrected chi connectivity index (χ1v) is 10.00. The van der Waals surface area contributed by atoms with E-state index in [-0.39, 0.29) is 16.9 Å². The van der Waals surface area contributed by atoms with E-state index in [9.17, 15) is 9.59 Å². The van der Waals surface area contributed by atoms with E-state index in [4.69, 9.17) is 9.15 Å². The molecular weight excluding hydrogens is 390 g/mol. The summed E-state index contributed by atoms with van der Waals surface area (Å²) < 4.78 is 11.1. The van der Waals surface area contributed by atoms with Crippen LogP contribution in [0.1, 0.15) is 31.1 Å². The summed E-state index contributed by atoms with van der Waals surface area (Å²) in [5.41, 5.74) is 1.71. The third-order valence-electron chi connectivity index (χ3n) is 4.03. The third-order valence-corrected chi connectivity index (χ3v) is 4.96. The van der Waals surface area contributed by atoms with Crippen molar-refractivity contribution in [1.29, 1.82) is 0 Å². The molecule has 0 unspecified atom stereocenters. The number of nitrogens with zero attached hydrogens (tertiary/aromatic N) is 2. The highest BCUT2D eigenvalue weighted by Gasteiger charge is 2.20. The molecule has 7 nitrogen and oxygen atoms in total. The van der Waals surface area contributed by atoms with Crippen molar-refractivity contribution in [2.75, 3.05) is 11.9 Å². The second-order valence-electron chi connectivity index (χ2n) is 6.18. The van der Waals surface area contributed by atoms with E-state index in [1.807, 2.05) is 31.2 Å². The minimum Gasteiger partial charge on any atom is -0.494 e. The molecule has 150 valence electrons. The fourth-order valence-corrected chi connectivity index (χ4v) is 3.26. The van der Waals surface area contributed by atoms with Crippen molar-refractivity contribution >= 4 is 29.1 Å². The van der Waals surface area contributed by atoms with Crippen molar-refractivity contribution in [3.8, 4) is 17.2 Å². The number of thioether (sulfide) groups is 1. The predicted octanol–water partition coefficient (Wildman–Crippen LogP) is 4.46. The van der Waals surface area contributed by atoms with Gasteiger partial charge in [-0.2, -0.15) is 0 Å².